The van der Waals surface area contributed by atoms with E-state index >= 15 is 0 Å². The van der Waals surface area contributed by atoms with E-state index in [9.17, 15) is 9.32 Å². The second-order valence-corrected chi connectivity index (χ2v) is 3.26. The first-order chi connectivity index (χ1) is 5.17. The molecular formula is C7H8NO2S+. The fourth-order valence-corrected chi connectivity index (χ4v) is 0.942. The zero-order chi connectivity index (χ0) is 8.32. The minimum Gasteiger partial charge on any atom is -0.333 e. The Labute approximate surface area is 68.6 Å². The molecule has 4 heteroatoms. The highest BCUT2D eigenvalue weighted by atomic mass is 32.1. The van der Waals surface area contributed by atoms with Gasteiger partial charge in [-0.15, -0.1) is 0 Å². The van der Waals surface area contributed by atoms with Crippen LogP contribution in [-0.4, -0.2) is 10.1 Å². The highest BCUT2D eigenvalue weighted by molar-refractivity contribution is 7.66. The summed E-state index contributed by atoms with van der Waals surface area (Å²) in [6.45, 7) is 1.46. The van der Waals surface area contributed by atoms with Crippen LogP contribution in [0.3, 0.4) is 0 Å². The normalized spacial score (nSPS) is 15.5. The van der Waals surface area contributed by atoms with Gasteiger partial charge < -0.3 is 5.11 Å². The number of nitrogens with zero attached hydrogens (tertiary/aromatic N) is 1. The molecule has 0 spiro atoms. The van der Waals surface area contributed by atoms with Crippen molar-refractivity contribution in [2.45, 2.75) is 11.9 Å². The third-order valence-electron chi connectivity index (χ3n) is 1.38. The van der Waals surface area contributed by atoms with Crippen molar-refractivity contribution in [2.75, 3.05) is 0 Å². The first-order valence-electron chi connectivity index (χ1n) is 3.10. The molecule has 1 aromatic rings. The lowest BCUT2D eigenvalue weighted by atomic mass is 10.2. The molecule has 1 aromatic heterocycles. The molecule has 0 fully saturated rings. The minimum absolute atomic E-state index is 0.158. The van der Waals surface area contributed by atoms with E-state index in [1.165, 1.54) is 6.92 Å². The van der Waals surface area contributed by atoms with Crippen molar-refractivity contribution in [1.82, 2.24) is 4.98 Å². The van der Waals surface area contributed by atoms with E-state index < -0.39 is 4.93 Å². The third kappa shape index (κ3) is 1.78. The first-order valence-corrected chi connectivity index (χ1v) is 3.85. The lowest BCUT2D eigenvalue weighted by Gasteiger charge is -2.01. The Balaban J connectivity index is 3.02. The van der Waals surface area contributed by atoms with Crippen LogP contribution in [0.5, 0.6) is 0 Å². The van der Waals surface area contributed by atoms with Crippen molar-refractivity contribution in [2.24, 2.45) is 0 Å². The molecule has 1 atom stereocenters. The molecule has 0 bridgehead atoms. The quantitative estimate of drug-likeness (QED) is 0.524. The highest BCUT2D eigenvalue weighted by Crippen LogP contribution is 2.17. The maximum Gasteiger partial charge on any atom is 0.501 e. The summed E-state index contributed by atoms with van der Waals surface area (Å²) in [7, 11) is 0. The molecule has 1 heterocycles. The summed E-state index contributed by atoms with van der Waals surface area (Å²) in [5.41, 5.74) is 0.576. The molecule has 58 valence electrons. The Morgan fingerprint density at radius 3 is 2.55 bits per heavy atom. The molecule has 0 aliphatic heterocycles. The van der Waals surface area contributed by atoms with E-state index in [1.807, 2.05) is 0 Å². The van der Waals surface area contributed by atoms with Gasteiger partial charge in [0.2, 0.25) is 0 Å². The summed E-state index contributed by atoms with van der Waals surface area (Å²) in [5, 5.41) is 9.42. The van der Waals surface area contributed by atoms with Gasteiger partial charge in [0, 0.05) is 23.5 Å². The first kappa shape index (κ1) is 8.23. The fraction of sp³-hybridized carbons (Fsp3) is 0.286. The average Bonchev–Trinajstić information content (AvgIpc) is 2.06. The standard InChI is InChI=1S/C7H8NO2S/c1-7(9,11-10)6-2-4-8-5-3-6/h2-5,9H,1H3/q+1. The molecule has 1 N–H and O–H groups in total. The van der Waals surface area contributed by atoms with Crippen LogP contribution in [0.25, 0.3) is 0 Å². The summed E-state index contributed by atoms with van der Waals surface area (Å²) in [6, 6.07) is 3.23. The van der Waals surface area contributed by atoms with Gasteiger partial charge in [0.1, 0.15) is 0 Å². The van der Waals surface area contributed by atoms with Crippen molar-refractivity contribution >= 4 is 11.7 Å². The van der Waals surface area contributed by atoms with Gasteiger partial charge in [-0.3, -0.25) is 4.98 Å². The van der Waals surface area contributed by atoms with E-state index in [-0.39, 0.29) is 11.7 Å². The van der Waals surface area contributed by atoms with E-state index in [0.717, 1.165) is 0 Å². The van der Waals surface area contributed by atoms with Crippen LogP contribution in [0.15, 0.2) is 24.5 Å². The Bertz CT molecular complexity index is 248. The Morgan fingerprint density at radius 2 is 2.09 bits per heavy atom. The molecule has 0 aliphatic rings. The summed E-state index contributed by atoms with van der Waals surface area (Å²) in [5.74, 6) is 0. The number of hydrogen-bond acceptors (Lipinski definition) is 3. The molecule has 1 rings (SSSR count). The van der Waals surface area contributed by atoms with Gasteiger partial charge in [0.25, 0.3) is 0 Å². The van der Waals surface area contributed by atoms with Gasteiger partial charge in [0.05, 0.1) is 5.56 Å². The largest absolute Gasteiger partial charge is 0.501 e. The molecule has 0 aromatic carbocycles. The van der Waals surface area contributed by atoms with Crippen LogP contribution in [0.2, 0.25) is 0 Å². The molecule has 3 nitrogen and oxygen atoms in total. The van der Waals surface area contributed by atoms with Crippen LogP contribution < -0.4 is 0 Å². The van der Waals surface area contributed by atoms with Crippen molar-refractivity contribution in [3.8, 4) is 0 Å². The number of pyridine rings is 1. The van der Waals surface area contributed by atoms with Gasteiger partial charge in [-0.1, -0.05) is 0 Å². The maximum absolute atomic E-state index is 10.4. The van der Waals surface area contributed by atoms with Gasteiger partial charge in [0.15, 0.2) is 0 Å². The summed E-state index contributed by atoms with van der Waals surface area (Å²) < 4.78 is 10.4. The van der Waals surface area contributed by atoms with E-state index in [2.05, 4.69) is 4.98 Å². The third-order valence-corrected chi connectivity index (χ3v) is 1.94. The Hall–Kier alpha value is -0.870. The molecule has 0 amide bonds. The van der Waals surface area contributed by atoms with Crippen molar-refractivity contribution in [3.05, 3.63) is 30.1 Å². The predicted molar refractivity (Wildman–Crippen MR) is 41.9 cm³/mol. The number of hydrogen-bond donors (Lipinski definition) is 1. The number of aliphatic hydroxyl groups is 1. The van der Waals surface area contributed by atoms with Crippen LogP contribution in [0.4, 0.5) is 0 Å². The fourth-order valence-electron chi connectivity index (χ4n) is 0.709. The van der Waals surface area contributed by atoms with Crippen LogP contribution in [0, 0.1) is 0 Å². The zero-order valence-electron chi connectivity index (χ0n) is 6.02. The molecular weight excluding hydrogens is 162 g/mol. The topological polar surface area (TPSA) is 50.2 Å². The molecule has 0 saturated carbocycles. The summed E-state index contributed by atoms with van der Waals surface area (Å²) in [6.07, 6.45) is 3.08. The smallest absolute Gasteiger partial charge is 0.333 e. The molecule has 11 heavy (non-hydrogen) atoms. The lowest BCUT2D eigenvalue weighted by Crippen LogP contribution is -2.18. The second-order valence-electron chi connectivity index (χ2n) is 2.30. The van der Waals surface area contributed by atoms with Gasteiger partial charge >= 0.3 is 16.6 Å². The van der Waals surface area contributed by atoms with Gasteiger partial charge in [-0.2, -0.15) is 0 Å². The van der Waals surface area contributed by atoms with Crippen molar-refractivity contribution in [1.29, 1.82) is 0 Å². The second kappa shape index (κ2) is 3.02. The summed E-state index contributed by atoms with van der Waals surface area (Å²) >= 11 is 0.158. The van der Waals surface area contributed by atoms with Crippen LogP contribution in [-0.2, 0) is 20.8 Å². The predicted octanol–water partition coefficient (Wildman–Crippen LogP) is 0.675. The average molecular weight is 170 g/mol. The van der Waals surface area contributed by atoms with E-state index in [4.69, 9.17) is 0 Å². The highest BCUT2D eigenvalue weighted by Gasteiger charge is 2.37. The summed E-state index contributed by atoms with van der Waals surface area (Å²) in [4.78, 5) is 2.43. The monoisotopic (exact) mass is 170 g/mol. The number of rotatable bonds is 2. The van der Waals surface area contributed by atoms with Gasteiger partial charge in [-0.25, -0.2) is 0 Å². The molecule has 0 saturated heterocycles. The van der Waals surface area contributed by atoms with Crippen LogP contribution >= 0.6 is 0 Å². The van der Waals surface area contributed by atoms with E-state index in [1.54, 1.807) is 24.5 Å². The number of aromatic nitrogens is 1. The Morgan fingerprint density at radius 1 is 1.55 bits per heavy atom. The van der Waals surface area contributed by atoms with Crippen molar-refractivity contribution in [3.63, 3.8) is 0 Å². The lowest BCUT2D eigenvalue weighted by molar-refractivity contribution is 0.154. The van der Waals surface area contributed by atoms with Crippen LogP contribution in [0.1, 0.15) is 12.5 Å². The minimum atomic E-state index is -1.34. The maximum atomic E-state index is 10.4. The molecule has 0 aliphatic carbocycles. The SMILES string of the molecule is CC(O)([S+]=O)c1ccncc1. The Kier molecular flexibility index (Phi) is 2.26. The van der Waals surface area contributed by atoms with E-state index in [0.29, 0.717) is 5.56 Å². The zero-order valence-corrected chi connectivity index (χ0v) is 6.84. The molecule has 0 radical (unpaired) electrons. The molecule has 1 unspecified atom stereocenters. The van der Waals surface area contributed by atoms with Crippen molar-refractivity contribution < 1.29 is 9.32 Å². The van der Waals surface area contributed by atoms with Gasteiger partial charge in [-0.05, 0) is 12.1 Å².